The van der Waals surface area contributed by atoms with Crippen LogP contribution in [0.25, 0.3) is 0 Å². The molecular formula is C17H21N3O3. The van der Waals surface area contributed by atoms with Gasteiger partial charge < -0.3 is 15.0 Å². The summed E-state index contributed by atoms with van der Waals surface area (Å²) < 4.78 is 5.35. The van der Waals surface area contributed by atoms with Crippen molar-refractivity contribution in [1.29, 1.82) is 5.26 Å². The van der Waals surface area contributed by atoms with Crippen molar-refractivity contribution in [2.75, 3.05) is 13.1 Å². The van der Waals surface area contributed by atoms with Crippen LogP contribution in [0.3, 0.4) is 0 Å². The van der Waals surface area contributed by atoms with Gasteiger partial charge in [-0.2, -0.15) is 5.26 Å². The Labute approximate surface area is 136 Å². The third-order valence-electron chi connectivity index (χ3n) is 3.52. The van der Waals surface area contributed by atoms with E-state index < -0.39 is 17.2 Å². The second kappa shape index (κ2) is 6.29. The van der Waals surface area contributed by atoms with E-state index in [0.717, 1.165) is 5.56 Å². The minimum Gasteiger partial charge on any atom is -0.444 e. The van der Waals surface area contributed by atoms with E-state index in [2.05, 4.69) is 5.32 Å². The van der Waals surface area contributed by atoms with Crippen LogP contribution in [-0.2, 0) is 15.1 Å². The van der Waals surface area contributed by atoms with Crippen molar-refractivity contribution in [3.8, 4) is 6.07 Å². The zero-order chi connectivity index (χ0) is 17.1. The number of benzene rings is 1. The van der Waals surface area contributed by atoms with Gasteiger partial charge in [0.25, 0.3) is 0 Å². The largest absolute Gasteiger partial charge is 0.444 e. The molecule has 2 amide bonds. The lowest BCUT2D eigenvalue weighted by molar-refractivity contribution is -0.125. The van der Waals surface area contributed by atoms with Crippen LogP contribution in [0, 0.1) is 11.3 Å². The summed E-state index contributed by atoms with van der Waals surface area (Å²) in [6.45, 7) is 6.07. The number of hydrogen-bond acceptors (Lipinski definition) is 4. The van der Waals surface area contributed by atoms with Crippen LogP contribution >= 0.6 is 0 Å². The normalized spacial score (nSPS) is 16.0. The lowest BCUT2D eigenvalue weighted by Gasteiger charge is -2.50. The van der Waals surface area contributed by atoms with Crippen molar-refractivity contribution in [2.24, 2.45) is 0 Å². The van der Waals surface area contributed by atoms with Crippen molar-refractivity contribution in [3.05, 3.63) is 35.9 Å². The van der Waals surface area contributed by atoms with E-state index in [1.807, 2.05) is 57.2 Å². The number of carbonyl (C=O) groups excluding carboxylic acids is 2. The number of nitriles is 1. The molecule has 1 aliphatic rings. The average Bonchev–Trinajstić information content (AvgIpc) is 2.41. The summed E-state index contributed by atoms with van der Waals surface area (Å²) in [7, 11) is 0. The number of amides is 2. The first-order valence-electron chi connectivity index (χ1n) is 7.47. The molecule has 1 N–H and O–H groups in total. The van der Waals surface area contributed by atoms with Gasteiger partial charge in [-0.05, 0) is 26.3 Å². The van der Waals surface area contributed by atoms with Gasteiger partial charge in [0.1, 0.15) is 17.6 Å². The number of carbonyl (C=O) groups is 2. The van der Waals surface area contributed by atoms with E-state index >= 15 is 0 Å². The molecule has 1 aromatic carbocycles. The summed E-state index contributed by atoms with van der Waals surface area (Å²) in [6.07, 6.45) is -0.611. The fraction of sp³-hybridized carbons (Fsp3) is 0.471. The highest BCUT2D eigenvalue weighted by Crippen LogP contribution is 2.33. The van der Waals surface area contributed by atoms with E-state index in [1.54, 1.807) is 4.90 Å². The van der Waals surface area contributed by atoms with Gasteiger partial charge >= 0.3 is 6.09 Å². The minimum atomic E-state index is -0.661. The molecule has 0 unspecified atom stereocenters. The summed E-state index contributed by atoms with van der Waals surface area (Å²) in [5.41, 5.74) is -0.316. The Bertz CT molecular complexity index is 623. The van der Waals surface area contributed by atoms with E-state index in [4.69, 9.17) is 10.00 Å². The first kappa shape index (κ1) is 16.8. The average molecular weight is 315 g/mol. The predicted molar refractivity (Wildman–Crippen MR) is 84.3 cm³/mol. The summed E-state index contributed by atoms with van der Waals surface area (Å²) in [4.78, 5) is 25.5. The third-order valence-corrected chi connectivity index (χ3v) is 3.52. The van der Waals surface area contributed by atoms with E-state index in [1.165, 1.54) is 0 Å². The van der Waals surface area contributed by atoms with Crippen LogP contribution in [0.1, 0.15) is 32.8 Å². The zero-order valence-electron chi connectivity index (χ0n) is 13.6. The standard InChI is InChI=1S/C17H21N3O3/c1-16(2,3)23-15(22)20-11-17(12-20,19-14(21)9-10-18)13-7-5-4-6-8-13/h4-8H,9,11-12H2,1-3H3,(H,19,21). The maximum absolute atomic E-state index is 12.1. The maximum atomic E-state index is 12.1. The minimum absolute atomic E-state index is 0.207. The molecule has 0 bridgehead atoms. The van der Waals surface area contributed by atoms with Gasteiger partial charge in [0.05, 0.1) is 19.2 Å². The van der Waals surface area contributed by atoms with Crippen molar-refractivity contribution in [1.82, 2.24) is 10.2 Å². The topological polar surface area (TPSA) is 82.4 Å². The van der Waals surface area contributed by atoms with Crippen LogP contribution in [0.15, 0.2) is 30.3 Å². The van der Waals surface area contributed by atoms with Crippen LogP contribution < -0.4 is 5.32 Å². The van der Waals surface area contributed by atoms with Crippen molar-refractivity contribution >= 4 is 12.0 Å². The molecule has 1 aliphatic heterocycles. The number of nitrogens with zero attached hydrogens (tertiary/aromatic N) is 2. The highest BCUT2D eigenvalue weighted by atomic mass is 16.6. The Morgan fingerprint density at radius 2 is 1.91 bits per heavy atom. The first-order chi connectivity index (χ1) is 10.8. The summed E-state index contributed by atoms with van der Waals surface area (Å²) in [5.74, 6) is -0.347. The van der Waals surface area contributed by atoms with Gasteiger partial charge in [-0.1, -0.05) is 30.3 Å². The van der Waals surface area contributed by atoms with Gasteiger partial charge in [0.2, 0.25) is 5.91 Å². The van der Waals surface area contributed by atoms with Crippen LogP contribution in [0.4, 0.5) is 4.79 Å². The van der Waals surface area contributed by atoms with Gasteiger partial charge in [-0.15, -0.1) is 0 Å². The predicted octanol–water partition coefficient (Wildman–Crippen LogP) is 2.16. The van der Waals surface area contributed by atoms with Crippen LogP contribution in [0.2, 0.25) is 0 Å². The monoisotopic (exact) mass is 315 g/mol. The van der Waals surface area contributed by atoms with Crippen LogP contribution in [0.5, 0.6) is 0 Å². The van der Waals surface area contributed by atoms with E-state index in [0.29, 0.717) is 13.1 Å². The molecule has 1 heterocycles. The number of ether oxygens (including phenoxy) is 1. The SMILES string of the molecule is CC(C)(C)OC(=O)N1CC(NC(=O)CC#N)(c2ccccc2)C1. The molecule has 23 heavy (non-hydrogen) atoms. The fourth-order valence-corrected chi connectivity index (χ4v) is 2.53. The van der Waals surface area contributed by atoms with E-state index in [-0.39, 0.29) is 12.3 Å². The Morgan fingerprint density at radius 1 is 1.30 bits per heavy atom. The first-order valence-corrected chi connectivity index (χ1v) is 7.47. The Hall–Kier alpha value is -2.55. The summed E-state index contributed by atoms with van der Waals surface area (Å²) >= 11 is 0. The lowest BCUT2D eigenvalue weighted by Crippen LogP contribution is -2.69. The molecule has 0 saturated carbocycles. The molecule has 0 spiro atoms. The molecule has 0 aliphatic carbocycles. The Balaban J connectivity index is 2.12. The smallest absolute Gasteiger partial charge is 0.410 e. The second-order valence-electron chi connectivity index (χ2n) is 6.67. The van der Waals surface area contributed by atoms with Crippen molar-refractivity contribution in [3.63, 3.8) is 0 Å². The quantitative estimate of drug-likeness (QED) is 0.926. The van der Waals surface area contributed by atoms with Gasteiger partial charge in [-0.25, -0.2) is 4.79 Å². The third kappa shape index (κ3) is 4.01. The molecule has 6 heteroatoms. The molecule has 1 saturated heterocycles. The van der Waals surface area contributed by atoms with E-state index in [9.17, 15) is 9.59 Å². The molecule has 1 fully saturated rings. The molecule has 0 aromatic heterocycles. The maximum Gasteiger partial charge on any atom is 0.410 e. The number of hydrogen-bond donors (Lipinski definition) is 1. The molecular weight excluding hydrogens is 294 g/mol. The van der Waals surface area contributed by atoms with Crippen molar-refractivity contribution < 1.29 is 14.3 Å². The highest BCUT2D eigenvalue weighted by molar-refractivity contribution is 5.80. The van der Waals surface area contributed by atoms with Crippen molar-refractivity contribution in [2.45, 2.75) is 38.3 Å². The molecule has 122 valence electrons. The zero-order valence-corrected chi connectivity index (χ0v) is 13.6. The highest BCUT2D eigenvalue weighted by Gasteiger charge is 2.48. The molecule has 0 radical (unpaired) electrons. The number of nitrogens with one attached hydrogen (secondary N) is 1. The summed E-state index contributed by atoms with van der Waals surface area (Å²) in [5, 5.41) is 11.6. The molecule has 0 atom stereocenters. The Kier molecular flexibility index (Phi) is 4.60. The lowest BCUT2D eigenvalue weighted by atomic mass is 9.82. The van der Waals surface area contributed by atoms with Gasteiger partial charge in [0.15, 0.2) is 0 Å². The molecule has 6 nitrogen and oxygen atoms in total. The van der Waals surface area contributed by atoms with Crippen LogP contribution in [-0.4, -0.2) is 35.6 Å². The molecule has 1 aromatic rings. The Morgan fingerprint density at radius 3 is 2.43 bits per heavy atom. The molecule has 2 rings (SSSR count). The van der Waals surface area contributed by atoms with Gasteiger partial charge in [0, 0.05) is 0 Å². The number of likely N-dealkylation sites (tertiary alicyclic amines) is 1. The fourth-order valence-electron chi connectivity index (χ4n) is 2.53. The second-order valence-corrected chi connectivity index (χ2v) is 6.67. The summed E-state index contributed by atoms with van der Waals surface area (Å²) in [6, 6.07) is 11.3. The number of rotatable bonds is 3. The van der Waals surface area contributed by atoms with Gasteiger partial charge in [-0.3, -0.25) is 4.79 Å².